The average molecular weight is 270 g/mol. The van der Waals surface area contributed by atoms with Crippen LogP contribution in [0.4, 0.5) is 0 Å². The molecule has 0 aromatic rings. The van der Waals surface area contributed by atoms with Crippen molar-refractivity contribution in [1.82, 2.24) is 10.6 Å². The lowest BCUT2D eigenvalue weighted by Crippen LogP contribution is -2.37. The molecule has 2 saturated heterocycles. The fourth-order valence-electron chi connectivity index (χ4n) is 3.18. The van der Waals surface area contributed by atoms with Crippen molar-refractivity contribution in [3.8, 4) is 0 Å². The van der Waals surface area contributed by atoms with Gasteiger partial charge in [0.2, 0.25) is 5.91 Å². The molecule has 0 radical (unpaired) electrons. The number of unbranched alkanes of at least 4 members (excludes halogenated alkanes) is 3. The van der Waals surface area contributed by atoms with Crippen molar-refractivity contribution in [3.63, 3.8) is 0 Å². The molecule has 3 atom stereocenters. The van der Waals surface area contributed by atoms with E-state index < -0.39 is 0 Å². The Morgan fingerprint density at radius 1 is 1.28 bits per heavy atom. The molecule has 2 fully saturated rings. The first-order valence-corrected chi connectivity index (χ1v) is 8.73. The number of carbonyl (C=O) groups is 1. The van der Waals surface area contributed by atoms with Gasteiger partial charge < -0.3 is 10.6 Å². The Balaban J connectivity index is 1.50. The van der Waals surface area contributed by atoms with E-state index in [0.29, 0.717) is 18.0 Å². The van der Waals surface area contributed by atoms with Crippen LogP contribution in [0.5, 0.6) is 0 Å². The van der Waals surface area contributed by atoms with Crippen molar-refractivity contribution >= 4 is 17.7 Å². The Morgan fingerprint density at radius 3 is 2.78 bits per heavy atom. The Bertz CT molecular complexity index is 273. The topological polar surface area (TPSA) is 41.1 Å². The van der Waals surface area contributed by atoms with E-state index in [1.165, 1.54) is 37.9 Å². The van der Waals surface area contributed by atoms with Crippen LogP contribution >= 0.6 is 11.8 Å². The minimum atomic E-state index is 0.250. The number of thioether (sulfide) groups is 1. The quantitative estimate of drug-likeness (QED) is 0.664. The van der Waals surface area contributed by atoms with Crippen LogP contribution in [-0.4, -0.2) is 36.5 Å². The smallest absolute Gasteiger partial charge is 0.224 e. The van der Waals surface area contributed by atoms with Gasteiger partial charge in [-0.1, -0.05) is 12.8 Å². The Kier molecular flexibility index (Phi) is 5.83. The van der Waals surface area contributed by atoms with Gasteiger partial charge in [0.15, 0.2) is 0 Å². The van der Waals surface area contributed by atoms with Crippen LogP contribution in [0.1, 0.15) is 44.9 Å². The molecule has 0 spiro atoms. The first-order valence-electron chi connectivity index (χ1n) is 7.34. The van der Waals surface area contributed by atoms with Gasteiger partial charge in [-0.05, 0) is 44.1 Å². The molecule has 3 nitrogen and oxygen atoms in total. The maximum Gasteiger partial charge on any atom is 0.224 e. The largest absolute Gasteiger partial charge is 0.356 e. The lowest BCUT2D eigenvalue weighted by molar-refractivity contribution is -0.125. The van der Waals surface area contributed by atoms with Gasteiger partial charge in [0.1, 0.15) is 0 Å². The number of carbonyl (C=O) groups excluding carboxylic acids is 1. The van der Waals surface area contributed by atoms with Crippen LogP contribution in [0, 0.1) is 5.92 Å². The van der Waals surface area contributed by atoms with Crippen molar-refractivity contribution in [2.75, 3.05) is 18.6 Å². The lowest BCUT2D eigenvalue weighted by Gasteiger charge is -2.19. The summed E-state index contributed by atoms with van der Waals surface area (Å²) in [6.45, 7) is 0.867. The van der Waals surface area contributed by atoms with Gasteiger partial charge in [0.05, 0.1) is 5.92 Å². The molecule has 2 aliphatic heterocycles. The van der Waals surface area contributed by atoms with Gasteiger partial charge in [-0.15, -0.1) is 0 Å². The van der Waals surface area contributed by atoms with Crippen LogP contribution in [0.15, 0.2) is 0 Å². The predicted octanol–water partition coefficient (Wildman–Crippen LogP) is 2.17. The maximum atomic E-state index is 12.0. The van der Waals surface area contributed by atoms with Gasteiger partial charge in [-0.3, -0.25) is 4.79 Å². The Labute approximate surface area is 115 Å². The third-order valence-electron chi connectivity index (χ3n) is 4.21. The van der Waals surface area contributed by atoms with Crippen LogP contribution in [0.3, 0.4) is 0 Å². The summed E-state index contributed by atoms with van der Waals surface area (Å²) in [5.41, 5.74) is 0. The van der Waals surface area contributed by atoms with Crippen LogP contribution < -0.4 is 10.6 Å². The molecule has 0 aromatic heterocycles. The van der Waals surface area contributed by atoms with Gasteiger partial charge in [0, 0.05) is 18.6 Å². The van der Waals surface area contributed by atoms with Gasteiger partial charge in [0.25, 0.3) is 0 Å². The van der Waals surface area contributed by atoms with Crippen LogP contribution in [0.2, 0.25) is 0 Å². The molecule has 2 aliphatic rings. The molecule has 2 bridgehead atoms. The monoisotopic (exact) mass is 270 g/mol. The Morgan fingerprint density at radius 2 is 2.11 bits per heavy atom. The van der Waals surface area contributed by atoms with E-state index in [1.807, 2.05) is 11.8 Å². The van der Waals surface area contributed by atoms with Crippen molar-refractivity contribution in [3.05, 3.63) is 0 Å². The molecule has 104 valence electrons. The number of amides is 1. The molecule has 0 saturated carbocycles. The number of fused-ring (bicyclic) bond motifs is 2. The van der Waals surface area contributed by atoms with Crippen molar-refractivity contribution in [1.29, 1.82) is 0 Å². The zero-order chi connectivity index (χ0) is 12.8. The highest BCUT2D eigenvalue weighted by Crippen LogP contribution is 2.33. The number of rotatable bonds is 8. The molecule has 0 aliphatic carbocycles. The third kappa shape index (κ3) is 3.89. The highest BCUT2D eigenvalue weighted by Gasteiger charge is 2.42. The third-order valence-corrected chi connectivity index (χ3v) is 4.91. The standard InChI is InChI=1S/C14H26N2OS/c1-18-9-5-3-2-4-8-15-14(17)12-10-11-6-7-13(12)16-11/h11-13,16H,2-10H2,1H3,(H,15,17). The molecule has 18 heavy (non-hydrogen) atoms. The van der Waals surface area contributed by atoms with Gasteiger partial charge in [-0.25, -0.2) is 0 Å². The fourth-order valence-corrected chi connectivity index (χ4v) is 3.67. The predicted molar refractivity (Wildman–Crippen MR) is 77.9 cm³/mol. The average Bonchev–Trinajstić information content (AvgIpc) is 2.99. The zero-order valence-corrected chi connectivity index (χ0v) is 12.2. The second-order valence-electron chi connectivity index (χ2n) is 5.59. The summed E-state index contributed by atoms with van der Waals surface area (Å²) in [6, 6.07) is 1.09. The number of hydrogen-bond donors (Lipinski definition) is 2. The Hall–Kier alpha value is -0.220. The molecule has 1 amide bonds. The van der Waals surface area contributed by atoms with E-state index in [2.05, 4.69) is 16.9 Å². The molecule has 4 heteroatoms. The summed E-state index contributed by atoms with van der Waals surface area (Å²) in [4.78, 5) is 12.0. The minimum absolute atomic E-state index is 0.250. The zero-order valence-electron chi connectivity index (χ0n) is 11.4. The van der Waals surface area contributed by atoms with Crippen LogP contribution in [-0.2, 0) is 4.79 Å². The SMILES string of the molecule is CSCCCCCCNC(=O)C1CC2CCC1N2. The molecule has 0 aromatic carbocycles. The van der Waals surface area contributed by atoms with E-state index in [-0.39, 0.29) is 5.92 Å². The van der Waals surface area contributed by atoms with E-state index in [0.717, 1.165) is 19.4 Å². The maximum absolute atomic E-state index is 12.0. The fraction of sp³-hybridized carbons (Fsp3) is 0.929. The van der Waals surface area contributed by atoms with Crippen molar-refractivity contribution < 1.29 is 4.79 Å². The summed E-state index contributed by atoms with van der Waals surface area (Å²) in [7, 11) is 0. The van der Waals surface area contributed by atoms with Gasteiger partial charge in [-0.2, -0.15) is 11.8 Å². The highest BCUT2D eigenvalue weighted by atomic mass is 32.2. The molecule has 2 heterocycles. The number of nitrogens with one attached hydrogen (secondary N) is 2. The summed E-state index contributed by atoms with van der Waals surface area (Å²) in [5.74, 6) is 1.81. The van der Waals surface area contributed by atoms with Crippen molar-refractivity contribution in [2.24, 2.45) is 5.92 Å². The molecule has 2 rings (SSSR count). The highest BCUT2D eigenvalue weighted by molar-refractivity contribution is 7.98. The first kappa shape index (κ1) is 14.2. The summed E-state index contributed by atoms with van der Waals surface area (Å²) in [6.07, 6.45) is 10.7. The van der Waals surface area contributed by atoms with E-state index in [1.54, 1.807) is 0 Å². The van der Waals surface area contributed by atoms with Crippen molar-refractivity contribution in [2.45, 2.75) is 57.0 Å². The van der Waals surface area contributed by atoms with E-state index in [9.17, 15) is 4.79 Å². The molecular weight excluding hydrogens is 244 g/mol. The minimum Gasteiger partial charge on any atom is -0.356 e. The summed E-state index contributed by atoms with van der Waals surface area (Å²) < 4.78 is 0. The number of hydrogen-bond acceptors (Lipinski definition) is 3. The first-order chi connectivity index (χ1) is 8.81. The summed E-state index contributed by atoms with van der Waals surface area (Å²) in [5, 5.41) is 6.64. The van der Waals surface area contributed by atoms with E-state index in [4.69, 9.17) is 0 Å². The molecule has 3 unspecified atom stereocenters. The van der Waals surface area contributed by atoms with E-state index >= 15 is 0 Å². The van der Waals surface area contributed by atoms with Gasteiger partial charge >= 0.3 is 0 Å². The van der Waals surface area contributed by atoms with Crippen LogP contribution in [0.25, 0.3) is 0 Å². The molecule has 2 N–H and O–H groups in total. The lowest BCUT2D eigenvalue weighted by atomic mass is 9.88. The summed E-state index contributed by atoms with van der Waals surface area (Å²) >= 11 is 1.92. The second kappa shape index (κ2) is 7.39. The molecular formula is C14H26N2OS. The second-order valence-corrected chi connectivity index (χ2v) is 6.57. The normalized spacial score (nSPS) is 29.7.